The van der Waals surface area contributed by atoms with Crippen molar-refractivity contribution in [1.82, 2.24) is 31.1 Å². The maximum atomic E-state index is 4.38. The first kappa shape index (κ1) is 31.5. The van der Waals surface area contributed by atoms with Crippen LogP contribution in [0.3, 0.4) is 0 Å². The summed E-state index contributed by atoms with van der Waals surface area (Å²) >= 11 is 0. The molecule has 0 radical (unpaired) electrons. The summed E-state index contributed by atoms with van der Waals surface area (Å²) in [4.78, 5) is 4.45. The summed E-state index contributed by atoms with van der Waals surface area (Å²) in [6.45, 7) is 30.1. The lowest BCUT2D eigenvalue weighted by atomic mass is 9.99. The van der Waals surface area contributed by atoms with Crippen molar-refractivity contribution >= 4 is 0 Å². The van der Waals surface area contributed by atoms with E-state index in [1.807, 2.05) is 28.2 Å². The number of hydrogen-bond donors (Lipinski definition) is 4. The Morgan fingerprint density at radius 1 is 0.568 bits per heavy atom. The Balaban J connectivity index is 2.86. The van der Waals surface area contributed by atoms with Crippen molar-refractivity contribution in [3.63, 3.8) is 0 Å². The van der Waals surface area contributed by atoms with Crippen molar-refractivity contribution in [2.45, 2.75) is 32.6 Å². The van der Waals surface area contributed by atoms with E-state index < -0.39 is 0 Å². The molecule has 6 heteroatoms. The number of benzene rings is 1. The zero-order chi connectivity index (χ0) is 28.0. The Hall–Kier alpha value is -3.54. The van der Waals surface area contributed by atoms with Crippen LogP contribution in [0.4, 0.5) is 0 Å². The van der Waals surface area contributed by atoms with Crippen LogP contribution in [-0.2, 0) is 12.8 Å². The molecule has 0 unspecified atom stereocenters. The van der Waals surface area contributed by atoms with Crippen LogP contribution in [-0.4, -0.2) is 64.2 Å². The number of hydrogen-bond acceptors (Lipinski definition) is 6. The number of nitrogens with one attached hydrogen (secondary N) is 4. The molecule has 0 saturated carbocycles. The Morgan fingerprint density at radius 2 is 0.865 bits per heavy atom. The van der Waals surface area contributed by atoms with Crippen LogP contribution in [0.15, 0.2) is 91.9 Å². The summed E-state index contributed by atoms with van der Waals surface area (Å²) in [5.41, 5.74) is 9.89. The highest BCUT2D eigenvalue weighted by Gasteiger charge is 2.13. The quantitative estimate of drug-likeness (QED) is 0.210. The van der Waals surface area contributed by atoms with E-state index in [0.29, 0.717) is 26.2 Å². The predicted octanol–water partition coefficient (Wildman–Crippen LogP) is 4.42. The Bertz CT molecular complexity index is 864. The van der Waals surface area contributed by atoms with Gasteiger partial charge in [-0.1, -0.05) is 63.2 Å². The van der Waals surface area contributed by atoms with E-state index in [2.05, 4.69) is 95.7 Å². The van der Waals surface area contributed by atoms with E-state index in [9.17, 15) is 0 Å². The third-order valence-corrected chi connectivity index (χ3v) is 6.44. The molecule has 0 atom stereocenters. The van der Waals surface area contributed by atoms with Crippen LogP contribution in [0.25, 0.3) is 0 Å². The van der Waals surface area contributed by atoms with E-state index in [-0.39, 0.29) is 0 Å². The van der Waals surface area contributed by atoms with Crippen molar-refractivity contribution in [3.8, 4) is 0 Å². The van der Waals surface area contributed by atoms with Crippen molar-refractivity contribution in [1.29, 1.82) is 0 Å². The number of allylic oxidation sites excluding steroid dienone is 2. The minimum absolute atomic E-state index is 0.702. The predicted molar refractivity (Wildman–Crippen MR) is 162 cm³/mol. The van der Waals surface area contributed by atoms with Gasteiger partial charge in [0.25, 0.3) is 0 Å². The van der Waals surface area contributed by atoms with Crippen LogP contribution in [0.1, 0.15) is 29.5 Å². The molecule has 0 aliphatic heterocycles. The van der Waals surface area contributed by atoms with Crippen LogP contribution in [0.2, 0.25) is 0 Å². The second-order valence-electron chi connectivity index (χ2n) is 9.59. The molecule has 0 aromatic heterocycles. The highest BCUT2D eigenvalue weighted by atomic mass is 15.2. The Labute approximate surface area is 226 Å². The number of aryl methyl sites for hydroxylation is 3. The molecule has 0 fully saturated rings. The molecule has 0 saturated heterocycles. The van der Waals surface area contributed by atoms with Gasteiger partial charge in [0.15, 0.2) is 0 Å². The van der Waals surface area contributed by atoms with Crippen LogP contribution in [0, 0.1) is 6.92 Å². The molecule has 1 aromatic rings. The third kappa shape index (κ3) is 11.8. The molecule has 6 nitrogen and oxygen atoms in total. The van der Waals surface area contributed by atoms with Gasteiger partial charge in [-0.05, 0) is 43.7 Å². The smallest absolute Gasteiger partial charge is 0.0571 e. The van der Waals surface area contributed by atoms with Gasteiger partial charge >= 0.3 is 0 Å². The fourth-order valence-corrected chi connectivity index (χ4v) is 3.93. The topological polar surface area (TPSA) is 54.6 Å². The van der Waals surface area contributed by atoms with Crippen molar-refractivity contribution in [3.05, 3.63) is 109 Å². The standard InChI is InChI=1S/C31H50N6/c1-23-16-30(14-12-28(6)36(19-24(2)32-8)20-25(3)33-9)18-31(17-23)15-13-29(7)37(21-26(4)34-10)22-27(5)35-11/h16-18,32-35H,2-7,12-15,19-22H2,1,8-11H3. The Morgan fingerprint density at radius 3 is 1.14 bits per heavy atom. The largest absolute Gasteiger partial charge is 0.390 e. The molecule has 0 heterocycles. The minimum atomic E-state index is 0.702. The SMILES string of the molecule is C=C(CN(CC(=C)NC)C(=C)CCc1cc(C)cc(CCC(=C)N(CC(=C)NC)CC(=C)NC)c1)NC. The molecule has 1 rings (SSSR count). The van der Waals surface area contributed by atoms with Gasteiger partial charge in [0.1, 0.15) is 0 Å². The maximum Gasteiger partial charge on any atom is 0.0571 e. The van der Waals surface area contributed by atoms with E-state index >= 15 is 0 Å². The van der Waals surface area contributed by atoms with Crippen molar-refractivity contribution < 1.29 is 0 Å². The number of likely N-dealkylation sites (N-methyl/N-ethyl adjacent to an activating group) is 4. The summed E-state index contributed by atoms with van der Waals surface area (Å²) in [7, 11) is 7.58. The second-order valence-corrected chi connectivity index (χ2v) is 9.59. The van der Waals surface area contributed by atoms with Gasteiger partial charge in [-0.15, -0.1) is 0 Å². The first-order chi connectivity index (χ1) is 17.5. The monoisotopic (exact) mass is 506 g/mol. The van der Waals surface area contributed by atoms with Gasteiger partial charge in [-0.25, -0.2) is 0 Å². The summed E-state index contributed by atoms with van der Waals surface area (Å²) < 4.78 is 0. The van der Waals surface area contributed by atoms with Crippen molar-refractivity contribution in [2.75, 3.05) is 54.4 Å². The second kappa shape index (κ2) is 16.3. The fraction of sp³-hybridized carbons (Fsp3) is 0.419. The summed E-state index contributed by atoms with van der Waals surface area (Å²) in [5, 5.41) is 12.5. The highest BCUT2D eigenvalue weighted by molar-refractivity contribution is 5.31. The first-order valence-electron chi connectivity index (χ1n) is 12.9. The average Bonchev–Trinajstić information content (AvgIpc) is 2.88. The van der Waals surface area contributed by atoms with Gasteiger partial charge in [0, 0.05) is 62.4 Å². The van der Waals surface area contributed by atoms with Gasteiger partial charge in [-0.3, -0.25) is 0 Å². The summed E-state index contributed by atoms with van der Waals surface area (Å²) in [5.74, 6) is 0. The van der Waals surface area contributed by atoms with Crippen LogP contribution >= 0.6 is 0 Å². The zero-order valence-corrected chi connectivity index (χ0v) is 24.0. The summed E-state index contributed by atoms with van der Waals surface area (Å²) in [6.07, 6.45) is 3.60. The van der Waals surface area contributed by atoms with E-state index in [0.717, 1.165) is 59.9 Å². The lowest BCUT2D eigenvalue weighted by molar-refractivity contribution is 0.376. The lowest BCUT2D eigenvalue weighted by Gasteiger charge is -2.29. The maximum absolute atomic E-state index is 4.38. The first-order valence-corrected chi connectivity index (χ1v) is 12.9. The Kier molecular flexibility index (Phi) is 13.8. The fourth-order valence-electron chi connectivity index (χ4n) is 3.93. The molecule has 0 bridgehead atoms. The molecule has 0 aliphatic carbocycles. The summed E-state index contributed by atoms with van der Waals surface area (Å²) in [6, 6.07) is 6.87. The molecule has 0 amide bonds. The van der Waals surface area contributed by atoms with E-state index in [1.165, 1.54) is 16.7 Å². The van der Waals surface area contributed by atoms with Crippen LogP contribution in [0.5, 0.6) is 0 Å². The molecule has 204 valence electrons. The van der Waals surface area contributed by atoms with Gasteiger partial charge < -0.3 is 31.1 Å². The zero-order valence-electron chi connectivity index (χ0n) is 24.0. The van der Waals surface area contributed by atoms with Crippen LogP contribution < -0.4 is 21.3 Å². The van der Waals surface area contributed by atoms with Crippen molar-refractivity contribution in [2.24, 2.45) is 0 Å². The molecule has 0 aliphatic rings. The van der Waals surface area contributed by atoms with Gasteiger partial charge in [-0.2, -0.15) is 0 Å². The molecular weight excluding hydrogens is 456 g/mol. The molecular formula is C31H50N6. The van der Waals surface area contributed by atoms with E-state index in [1.54, 1.807) is 0 Å². The number of nitrogens with zero attached hydrogens (tertiary/aromatic N) is 2. The number of rotatable bonds is 20. The van der Waals surface area contributed by atoms with Gasteiger partial charge in [0.05, 0.1) is 26.2 Å². The molecule has 1 aromatic carbocycles. The van der Waals surface area contributed by atoms with E-state index in [4.69, 9.17) is 0 Å². The normalized spacial score (nSPS) is 10.2. The minimum Gasteiger partial charge on any atom is -0.390 e. The lowest BCUT2D eigenvalue weighted by Crippen LogP contribution is -2.32. The highest BCUT2D eigenvalue weighted by Crippen LogP contribution is 2.20. The molecule has 0 spiro atoms. The molecule has 4 N–H and O–H groups in total. The van der Waals surface area contributed by atoms with Gasteiger partial charge in [0.2, 0.25) is 0 Å². The average molecular weight is 507 g/mol. The molecule has 37 heavy (non-hydrogen) atoms. The third-order valence-electron chi connectivity index (χ3n) is 6.44.